The third kappa shape index (κ3) is 5.81. The molecule has 0 aromatic heterocycles. The first-order valence-electron chi connectivity index (χ1n) is 7.89. The summed E-state index contributed by atoms with van der Waals surface area (Å²) in [6.45, 7) is 13.5. The minimum Gasteiger partial charge on any atom is -0.355 e. The van der Waals surface area contributed by atoms with E-state index in [9.17, 15) is 0 Å². The number of likely N-dealkylation sites (tertiary alicyclic amines) is 1. The van der Waals surface area contributed by atoms with Gasteiger partial charge in [-0.2, -0.15) is 0 Å². The van der Waals surface area contributed by atoms with Crippen LogP contribution in [0, 0.1) is 5.92 Å². The van der Waals surface area contributed by atoms with Crippen LogP contribution in [-0.4, -0.2) is 62.1 Å². The zero-order valence-electron chi connectivity index (χ0n) is 13.3. The lowest BCUT2D eigenvalue weighted by atomic mass is 10.00. The maximum atomic E-state index is 4.42. The molecule has 1 aliphatic heterocycles. The predicted octanol–water partition coefficient (Wildman–Crippen LogP) is 2.03. The molecule has 1 fully saturated rings. The molecule has 0 spiro atoms. The number of piperidine rings is 1. The van der Waals surface area contributed by atoms with Crippen molar-refractivity contribution in [2.45, 2.75) is 40.0 Å². The van der Waals surface area contributed by atoms with Crippen LogP contribution in [0.1, 0.15) is 40.0 Å². The maximum absolute atomic E-state index is 4.42. The summed E-state index contributed by atoms with van der Waals surface area (Å²) in [4.78, 5) is 9.30. The average molecular weight is 268 g/mol. The van der Waals surface area contributed by atoms with Crippen molar-refractivity contribution in [2.75, 3.05) is 46.3 Å². The topological polar surface area (TPSA) is 30.9 Å². The van der Waals surface area contributed by atoms with Gasteiger partial charge in [-0.05, 0) is 38.3 Å². The first-order valence-corrected chi connectivity index (χ1v) is 7.89. The molecule has 1 aliphatic rings. The summed E-state index contributed by atoms with van der Waals surface area (Å²) in [6, 6.07) is 0. The first-order chi connectivity index (χ1) is 9.21. The van der Waals surface area contributed by atoms with E-state index in [2.05, 4.69) is 40.9 Å². The minimum atomic E-state index is 0.870. The number of nitrogens with zero attached hydrogens (tertiary/aromatic N) is 3. The van der Waals surface area contributed by atoms with Gasteiger partial charge in [0, 0.05) is 33.2 Å². The summed E-state index contributed by atoms with van der Waals surface area (Å²) >= 11 is 0. The van der Waals surface area contributed by atoms with Crippen molar-refractivity contribution >= 4 is 5.96 Å². The quantitative estimate of drug-likeness (QED) is 0.591. The number of guanidine groups is 1. The van der Waals surface area contributed by atoms with E-state index in [0.29, 0.717) is 0 Å². The Labute approximate surface area is 119 Å². The molecular formula is C15H32N4. The smallest absolute Gasteiger partial charge is 0.193 e. The van der Waals surface area contributed by atoms with Gasteiger partial charge in [0.2, 0.25) is 0 Å². The molecule has 0 atom stereocenters. The molecule has 0 aromatic rings. The summed E-state index contributed by atoms with van der Waals surface area (Å²) in [5, 5.41) is 3.51. The third-order valence-corrected chi connectivity index (χ3v) is 3.99. The summed E-state index contributed by atoms with van der Waals surface area (Å²) in [5.74, 6) is 1.95. The number of aliphatic imine (C=N–C) groups is 1. The van der Waals surface area contributed by atoms with Gasteiger partial charge < -0.3 is 15.1 Å². The standard InChI is InChI=1S/C15H32N4/c1-5-10-18(6-2)13-9-17-15(16-4)19-11-7-14(3)8-12-19/h14H,5-13H2,1-4H3,(H,16,17). The van der Waals surface area contributed by atoms with Gasteiger partial charge in [0.15, 0.2) is 5.96 Å². The van der Waals surface area contributed by atoms with Gasteiger partial charge in [-0.3, -0.25) is 4.99 Å². The molecule has 1 rings (SSSR count). The second kappa shape index (κ2) is 9.18. The molecule has 19 heavy (non-hydrogen) atoms. The molecule has 1 saturated heterocycles. The fourth-order valence-electron chi connectivity index (χ4n) is 2.62. The Morgan fingerprint density at radius 2 is 1.95 bits per heavy atom. The molecule has 0 aliphatic carbocycles. The van der Waals surface area contributed by atoms with Gasteiger partial charge >= 0.3 is 0 Å². The van der Waals surface area contributed by atoms with E-state index in [4.69, 9.17) is 0 Å². The Morgan fingerprint density at radius 1 is 1.26 bits per heavy atom. The van der Waals surface area contributed by atoms with Crippen molar-refractivity contribution in [2.24, 2.45) is 10.9 Å². The van der Waals surface area contributed by atoms with Gasteiger partial charge in [0.1, 0.15) is 0 Å². The highest BCUT2D eigenvalue weighted by atomic mass is 15.3. The lowest BCUT2D eigenvalue weighted by molar-refractivity contribution is 0.267. The van der Waals surface area contributed by atoms with Crippen molar-refractivity contribution in [3.8, 4) is 0 Å². The molecule has 0 aromatic carbocycles. The monoisotopic (exact) mass is 268 g/mol. The Balaban J connectivity index is 2.29. The van der Waals surface area contributed by atoms with E-state index in [0.717, 1.165) is 44.6 Å². The molecule has 1 N–H and O–H groups in total. The Morgan fingerprint density at radius 3 is 2.47 bits per heavy atom. The summed E-state index contributed by atoms with van der Waals surface area (Å²) in [5.41, 5.74) is 0. The highest BCUT2D eigenvalue weighted by molar-refractivity contribution is 5.79. The van der Waals surface area contributed by atoms with Crippen molar-refractivity contribution in [3.05, 3.63) is 0 Å². The van der Waals surface area contributed by atoms with Crippen LogP contribution in [0.15, 0.2) is 4.99 Å². The normalized spacial score (nSPS) is 18.2. The maximum Gasteiger partial charge on any atom is 0.193 e. The third-order valence-electron chi connectivity index (χ3n) is 3.99. The van der Waals surface area contributed by atoms with Crippen molar-refractivity contribution in [3.63, 3.8) is 0 Å². The molecule has 4 nitrogen and oxygen atoms in total. The van der Waals surface area contributed by atoms with E-state index in [1.54, 1.807) is 0 Å². The van der Waals surface area contributed by atoms with Crippen molar-refractivity contribution in [1.82, 2.24) is 15.1 Å². The molecule has 0 unspecified atom stereocenters. The van der Waals surface area contributed by atoms with Crippen LogP contribution in [0.3, 0.4) is 0 Å². The molecule has 0 saturated carbocycles. The predicted molar refractivity (Wildman–Crippen MR) is 83.7 cm³/mol. The lowest BCUT2D eigenvalue weighted by Crippen LogP contribution is -2.47. The fourth-order valence-corrected chi connectivity index (χ4v) is 2.62. The van der Waals surface area contributed by atoms with Crippen LogP contribution in [0.25, 0.3) is 0 Å². The van der Waals surface area contributed by atoms with Gasteiger partial charge in [-0.15, -0.1) is 0 Å². The molecule has 0 amide bonds. The number of nitrogens with one attached hydrogen (secondary N) is 1. The minimum absolute atomic E-state index is 0.870. The highest BCUT2D eigenvalue weighted by Crippen LogP contribution is 2.15. The summed E-state index contributed by atoms with van der Waals surface area (Å²) in [7, 11) is 1.89. The van der Waals surface area contributed by atoms with E-state index in [-0.39, 0.29) is 0 Å². The van der Waals surface area contributed by atoms with E-state index in [1.807, 2.05) is 7.05 Å². The molecular weight excluding hydrogens is 236 g/mol. The Bertz CT molecular complexity index is 257. The zero-order valence-corrected chi connectivity index (χ0v) is 13.3. The fraction of sp³-hybridized carbons (Fsp3) is 0.933. The second-order valence-corrected chi connectivity index (χ2v) is 5.58. The molecule has 4 heteroatoms. The van der Waals surface area contributed by atoms with Crippen molar-refractivity contribution in [1.29, 1.82) is 0 Å². The largest absolute Gasteiger partial charge is 0.355 e. The van der Waals surface area contributed by atoms with E-state index < -0.39 is 0 Å². The SMILES string of the molecule is CCCN(CC)CCNC(=NC)N1CCC(C)CC1. The van der Waals surface area contributed by atoms with Crippen LogP contribution in [0.4, 0.5) is 0 Å². The highest BCUT2D eigenvalue weighted by Gasteiger charge is 2.18. The Hall–Kier alpha value is -0.770. The Kier molecular flexibility index (Phi) is 7.87. The molecule has 0 radical (unpaired) electrons. The number of hydrogen-bond donors (Lipinski definition) is 1. The number of likely N-dealkylation sites (N-methyl/N-ethyl adjacent to an activating group) is 1. The van der Waals surface area contributed by atoms with E-state index >= 15 is 0 Å². The number of hydrogen-bond acceptors (Lipinski definition) is 2. The van der Waals surface area contributed by atoms with Crippen LogP contribution in [0.2, 0.25) is 0 Å². The molecule has 1 heterocycles. The van der Waals surface area contributed by atoms with Crippen LogP contribution >= 0.6 is 0 Å². The van der Waals surface area contributed by atoms with Crippen LogP contribution < -0.4 is 5.32 Å². The van der Waals surface area contributed by atoms with E-state index in [1.165, 1.54) is 25.8 Å². The van der Waals surface area contributed by atoms with Crippen LogP contribution in [-0.2, 0) is 0 Å². The van der Waals surface area contributed by atoms with Gasteiger partial charge in [0.05, 0.1) is 0 Å². The van der Waals surface area contributed by atoms with Gasteiger partial charge in [-0.25, -0.2) is 0 Å². The molecule has 0 bridgehead atoms. The van der Waals surface area contributed by atoms with Gasteiger partial charge in [-0.1, -0.05) is 20.8 Å². The lowest BCUT2D eigenvalue weighted by Gasteiger charge is -2.33. The summed E-state index contributed by atoms with van der Waals surface area (Å²) < 4.78 is 0. The van der Waals surface area contributed by atoms with Crippen LogP contribution in [0.5, 0.6) is 0 Å². The van der Waals surface area contributed by atoms with Gasteiger partial charge in [0.25, 0.3) is 0 Å². The summed E-state index contributed by atoms with van der Waals surface area (Å²) in [6.07, 6.45) is 3.81. The first kappa shape index (κ1) is 16.3. The number of rotatable bonds is 6. The average Bonchev–Trinajstić information content (AvgIpc) is 2.43. The second-order valence-electron chi connectivity index (χ2n) is 5.58. The van der Waals surface area contributed by atoms with Crippen molar-refractivity contribution < 1.29 is 0 Å². The zero-order chi connectivity index (χ0) is 14.1. The molecule has 112 valence electrons.